The van der Waals surface area contributed by atoms with E-state index < -0.39 is 0 Å². The van der Waals surface area contributed by atoms with Gasteiger partial charge in [-0.25, -0.2) is 0 Å². The van der Waals surface area contributed by atoms with Crippen molar-refractivity contribution in [3.05, 3.63) is 54.6 Å². The molecule has 0 saturated carbocycles. The Morgan fingerprint density at radius 2 is 2.00 bits per heavy atom. The highest BCUT2D eigenvalue weighted by Crippen LogP contribution is 2.29. The van der Waals surface area contributed by atoms with Crippen molar-refractivity contribution in [1.82, 2.24) is 4.90 Å². The molecule has 0 bridgehead atoms. The topological polar surface area (TPSA) is 60.8 Å². The van der Waals surface area contributed by atoms with Crippen LogP contribution in [0.25, 0.3) is 10.8 Å². The molecule has 104 valence electrons. The maximum absolute atomic E-state index is 12.4. The first kappa shape index (κ1) is 14.1. The second-order valence-corrected chi connectivity index (χ2v) is 4.45. The van der Waals surface area contributed by atoms with Gasteiger partial charge in [-0.15, -0.1) is 6.58 Å². The first-order chi connectivity index (χ1) is 9.69. The van der Waals surface area contributed by atoms with Crippen molar-refractivity contribution in [3.8, 4) is 5.75 Å². The van der Waals surface area contributed by atoms with Crippen LogP contribution in [-0.4, -0.2) is 40.7 Å². The molecule has 1 amide bonds. The van der Waals surface area contributed by atoms with E-state index in [1.807, 2.05) is 18.2 Å². The molecule has 0 radical (unpaired) electrons. The highest BCUT2D eigenvalue weighted by molar-refractivity contribution is 6.03. The number of phenols is 1. The minimum absolute atomic E-state index is 0.0277. The Morgan fingerprint density at radius 1 is 1.25 bits per heavy atom. The molecule has 0 saturated heterocycles. The van der Waals surface area contributed by atoms with Gasteiger partial charge in [-0.1, -0.05) is 36.4 Å². The fourth-order valence-electron chi connectivity index (χ4n) is 2.15. The Bertz CT molecular complexity index is 637. The van der Waals surface area contributed by atoms with E-state index in [2.05, 4.69) is 6.58 Å². The maximum Gasteiger partial charge on any atom is 0.257 e. The highest BCUT2D eigenvalue weighted by atomic mass is 16.3. The molecule has 2 aromatic rings. The number of fused-ring (bicyclic) bond motifs is 1. The van der Waals surface area contributed by atoms with Gasteiger partial charge in [0, 0.05) is 18.5 Å². The molecule has 2 N–H and O–H groups in total. The lowest BCUT2D eigenvalue weighted by molar-refractivity contribution is 0.0740. The molecule has 0 aliphatic carbocycles. The summed E-state index contributed by atoms with van der Waals surface area (Å²) < 4.78 is 0. The van der Waals surface area contributed by atoms with E-state index in [0.717, 1.165) is 5.39 Å². The molecule has 20 heavy (non-hydrogen) atoms. The average molecular weight is 271 g/mol. The SMILES string of the molecule is C=CCN(CCO)C(=O)c1ccc2ccccc2c1O. The predicted molar refractivity (Wildman–Crippen MR) is 78.8 cm³/mol. The van der Waals surface area contributed by atoms with Gasteiger partial charge in [0.05, 0.1) is 12.2 Å². The van der Waals surface area contributed by atoms with Gasteiger partial charge in [-0.2, -0.15) is 0 Å². The second-order valence-electron chi connectivity index (χ2n) is 4.45. The molecule has 0 unspecified atom stereocenters. The number of benzene rings is 2. The summed E-state index contributed by atoms with van der Waals surface area (Å²) in [5.41, 5.74) is 0.235. The number of nitrogens with zero attached hydrogens (tertiary/aromatic N) is 1. The van der Waals surface area contributed by atoms with Crippen molar-refractivity contribution >= 4 is 16.7 Å². The minimum atomic E-state index is -0.317. The number of amides is 1. The lowest BCUT2D eigenvalue weighted by Crippen LogP contribution is -2.33. The van der Waals surface area contributed by atoms with Gasteiger partial charge in [-0.05, 0) is 11.5 Å². The molecule has 4 nitrogen and oxygen atoms in total. The van der Waals surface area contributed by atoms with Gasteiger partial charge >= 0.3 is 0 Å². The third-order valence-corrected chi connectivity index (χ3v) is 3.14. The van der Waals surface area contributed by atoms with E-state index >= 15 is 0 Å². The maximum atomic E-state index is 12.4. The summed E-state index contributed by atoms with van der Waals surface area (Å²) in [6, 6.07) is 10.7. The third-order valence-electron chi connectivity index (χ3n) is 3.14. The smallest absolute Gasteiger partial charge is 0.257 e. The van der Waals surface area contributed by atoms with Crippen LogP contribution in [0.3, 0.4) is 0 Å². The summed E-state index contributed by atoms with van der Waals surface area (Å²) in [4.78, 5) is 13.8. The summed E-state index contributed by atoms with van der Waals surface area (Å²) in [7, 11) is 0. The fourth-order valence-corrected chi connectivity index (χ4v) is 2.15. The zero-order chi connectivity index (χ0) is 14.5. The normalized spacial score (nSPS) is 10.4. The molecule has 4 heteroatoms. The van der Waals surface area contributed by atoms with Crippen molar-refractivity contribution < 1.29 is 15.0 Å². The number of aromatic hydroxyl groups is 1. The molecule has 0 aliphatic rings. The molecule has 0 aromatic heterocycles. The molecule has 0 spiro atoms. The largest absolute Gasteiger partial charge is 0.506 e. The van der Waals surface area contributed by atoms with E-state index in [0.29, 0.717) is 11.9 Å². The van der Waals surface area contributed by atoms with Crippen LogP contribution in [0.1, 0.15) is 10.4 Å². The van der Waals surface area contributed by atoms with Crippen molar-refractivity contribution in [2.75, 3.05) is 19.7 Å². The molecule has 2 aromatic carbocycles. The number of carbonyl (C=O) groups excluding carboxylic acids is 1. The van der Waals surface area contributed by atoms with Crippen LogP contribution >= 0.6 is 0 Å². The van der Waals surface area contributed by atoms with Crippen molar-refractivity contribution in [2.45, 2.75) is 0 Å². The zero-order valence-corrected chi connectivity index (χ0v) is 11.1. The first-order valence-corrected chi connectivity index (χ1v) is 6.40. The Hall–Kier alpha value is -2.33. The van der Waals surface area contributed by atoms with Gasteiger partial charge in [0.15, 0.2) is 0 Å². The minimum Gasteiger partial charge on any atom is -0.506 e. The number of hydrogen-bond donors (Lipinski definition) is 2. The standard InChI is InChI=1S/C16H17NO3/c1-2-9-17(10-11-18)16(20)14-8-7-12-5-3-4-6-13(12)15(14)19/h2-8,18-19H,1,9-11H2. The quantitative estimate of drug-likeness (QED) is 0.819. The summed E-state index contributed by atoms with van der Waals surface area (Å²) >= 11 is 0. The summed E-state index contributed by atoms with van der Waals surface area (Å²) in [6.07, 6.45) is 1.59. The van der Waals surface area contributed by atoms with Crippen LogP contribution in [0.5, 0.6) is 5.75 Å². The van der Waals surface area contributed by atoms with Crippen LogP contribution in [0.2, 0.25) is 0 Å². The third kappa shape index (κ3) is 2.65. The molecule has 2 rings (SSSR count). The van der Waals surface area contributed by atoms with E-state index in [1.165, 1.54) is 4.90 Å². The molecule has 0 fully saturated rings. The van der Waals surface area contributed by atoms with Crippen LogP contribution in [-0.2, 0) is 0 Å². The van der Waals surface area contributed by atoms with E-state index in [1.54, 1.807) is 24.3 Å². The molecule has 0 aliphatic heterocycles. The molecular weight excluding hydrogens is 254 g/mol. The molecule has 0 atom stereocenters. The van der Waals surface area contributed by atoms with Crippen LogP contribution < -0.4 is 0 Å². The Labute approximate surface area is 117 Å². The highest BCUT2D eigenvalue weighted by Gasteiger charge is 2.19. The van der Waals surface area contributed by atoms with Crippen LogP contribution in [0.4, 0.5) is 0 Å². The second kappa shape index (κ2) is 6.21. The van der Waals surface area contributed by atoms with Crippen molar-refractivity contribution in [2.24, 2.45) is 0 Å². The van der Waals surface area contributed by atoms with E-state index in [-0.39, 0.29) is 30.4 Å². The number of aliphatic hydroxyl groups excluding tert-OH is 1. The number of hydrogen-bond acceptors (Lipinski definition) is 3. The van der Waals surface area contributed by atoms with Gasteiger partial charge in [0.2, 0.25) is 0 Å². The molecular formula is C16H17NO3. The summed E-state index contributed by atoms with van der Waals surface area (Å²) in [5, 5.41) is 20.8. The number of carbonyl (C=O) groups is 1. The lowest BCUT2D eigenvalue weighted by atomic mass is 10.0. The van der Waals surface area contributed by atoms with Crippen molar-refractivity contribution in [3.63, 3.8) is 0 Å². The van der Waals surface area contributed by atoms with E-state index in [4.69, 9.17) is 5.11 Å². The van der Waals surface area contributed by atoms with E-state index in [9.17, 15) is 9.90 Å². The monoisotopic (exact) mass is 271 g/mol. The van der Waals surface area contributed by atoms with Crippen LogP contribution in [0, 0.1) is 0 Å². The average Bonchev–Trinajstić information content (AvgIpc) is 2.47. The number of phenolic OH excluding ortho intramolecular Hbond substituents is 1. The van der Waals surface area contributed by atoms with Crippen LogP contribution in [0.15, 0.2) is 49.1 Å². The summed E-state index contributed by atoms with van der Waals surface area (Å²) in [6.45, 7) is 3.99. The Kier molecular flexibility index (Phi) is 4.38. The van der Waals surface area contributed by atoms with Crippen molar-refractivity contribution in [1.29, 1.82) is 0 Å². The fraction of sp³-hybridized carbons (Fsp3) is 0.188. The lowest BCUT2D eigenvalue weighted by Gasteiger charge is -2.20. The van der Waals surface area contributed by atoms with Gasteiger partial charge < -0.3 is 15.1 Å². The Balaban J connectivity index is 2.43. The zero-order valence-electron chi connectivity index (χ0n) is 11.1. The number of aliphatic hydroxyl groups is 1. The van der Waals surface area contributed by atoms with Gasteiger partial charge in [0.1, 0.15) is 5.75 Å². The first-order valence-electron chi connectivity index (χ1n) is 6.40. The predicted octanol–water partition coefficient (Wildman–Crippen LogP) is 2.17. The van der Waals surface area contributed by atoms with Gasteiger partial charge in [0.25, 0.3) is 5.91 Å². The molecule has 0 heterocycles. The summed E-state index contributed by atoms with van der Waals surface area (Å²) in [5.74, 6) is -0.345. The van der Waals surface area contributed by atoms with Gasteiger partial charge in [-0.3, -0.25) is 4.79 Å². The number of rotatable bonds is 5. The Morgan fingerprint density at radius 3 is 2.70 bits per heavy atom.